The van der Waals surface area contributed by atoms with Crippen molar-refractivity contribution in [2.45, 2.75) is 33.6 Å². The predicted octanol–water partition coefficient (Wildman–Crippen LogP) is 1.97. The Bertz CT molecular complexity index is 301. The van der Waals surface area contributed by atoms with E-state index >= 15 is 0 Å². The molecule has 1 amide bonds. The van der Waals surface area contributed by atoms with E-state index in [1.807, 2.05) is 13.8 Å². The topological polar surface area (TPSA) is 66.8 Å². The molecule has 98 valence electrons. The Hall–Kier alpha value is -1.26. The van der Waals surface area contributed by atoms with Crippen molar-refractivity contribution in [3.05, 3.63) is 0 Å². The summed E-state index contributed by atoms with van der Waals surface area (Å²) in [5, 5.41) is 8.96. The molecule has 1 saturated heterocycles. The molecule has 1 heterocycles. The highest BCUT2D eigenvalue weighted by Gasteiger charge is 2.38. The van der Waals surface area contributed by atoms with Crippen LogP contribution in [0.25, 0.3) is 0 Å². The van der Waals surface area contributed by atoms with Crippen LogP contribution in [0.3, 0.4) is 0 Å². The molecule has 0 radical (unpaired) electrons. The maximum absolute atomic E-state index is 11.5. The molecule has 1 rings (SSSR count). The summed E-state index contributed by atoms with van der Waals surface area (Å²) >= 11 is 0. The molecule has 0 saturated carbocycles. The summed E-state index contributed by atoms with van der Waals surface area (Å²) < 4.78 is 4.94. The van der Waals surface area contributed by atoms with Gasteiger partial charge in [0.1, 0.15) is 0 Å². The van der Waals surface area contributed by atoms with Crippen molar-refractivity contribution in [1.82, 2.24) is 4.90 Å². The SMILES string of the molecule is CCOC(=O)CC1CCN(C(=O)O)CC1(C)C. The van der Waals surface area contributed by atoms with Crippen molar-refractivity contribution < 1.29 is 19.4 Å². The van der Waals surface area contributed by atoms with Crippen molar-refractivity contribution in [3.63, 3.8) is 0 Å². The smallest absolute Gasteiger partial charge is 0.407 e. The second kappa shape index (κ2) is 5.38. The molecule has 0 aliphatic carbocycles. The molecule has 1 unspecified atom stereocenters. The van der Waals surface area contributed by atoms with Crippen LogP contribution >= 0.6 is 0 Å². The molecule has 0 spiro atoms. The van der Waals surface area contributed by atoms with Gasteiger partial charge < -0.3 is 14.7 Å². The number of rotatable bonds is 3. The van der Waals surface area contributed by atoms with Crippen LogP contribution in [-0.2, 0) is 9.53 Å². The van der Waals surface area contributed by atoms with Gasteiger partial charge in [-0.25, -0.2) is 4.79 Å². The summed E-state index contributed by atoms with van der Waals surface area (Å²) in [4.78, 5) is 23.8. The number of carboxylic acid groups (broad SMARTS) is 1. The van der Waals surface area contributed by atoms with E-state index in [1.54, 1.807) is 6.92 Å². The normalized spacial score (nSPS) is 23.2. The number of carbonyl (C=O) groups excluding carboxylic acids is 1. The highest BCUT2D eigenvalue weighted by molar-refractivity contribution is 5.70. The quantitative estimate of drug-likeness (QED) is 0.769. The fourth-order valence-electron chi connectivity index (χ4n) is 2.37. The minimum Gasteiger partial charge on any atom is -0.466 e. The van der Waals surface area contributed by atoms with Crippen molar-refractivity contribution in [2.24, 2.45) is 11.3 Å². The van der Waals surface area contributed by atoms with Crippen LogP contribution in [0.1, 0.15) is 33.6 Å². The Balaban J connectivity index is 2.58. The molecular formula is C12H21NO4. The third kappa shape index (κ3) is 3.61. The molecule has 0 aromatic rings. The van der Waals surface area contributed by atoms with Gasteiger partial charge in [-0.3, -0.25) is 4.79 Å². The number of likely N-dealkylation sites (tertiary alicyclic amines) is 1. The summed E-state index contributed by atoms with van der Waals surface area (Å²) in [6, 6.07) is 0. The molecule has 1 fully saturated rings. The van der Waals surface area contributed by atoms with Crippen LogP contribution in [0, 0.1) is 11.3 Å². The van der Waals surface area contributed by atoms with Gasteiger partial charge in [0.2, 0.25) is 0 Å². The van der Waals surface area contributed by atoms with E-state index in [0.717, 1.165) is 6.42 Å². The zero-order valence-electron chi connectivity index (χ0n) is 10.7. The first-order chi connectivity index (χ1) is 7.86. The van der Waals surface area contributed by atoms with Crippen LogP contribution in [0.4, 0.5) is 4.79 Å². The molecule has 1 N–H and O–H groups in total. The molecule has 1 aliphatic heterocycles. The minimum atomic E-state index is -0.882. The Labute approximate surface area is 102 Å². The van der Waals surface area contributed by atoms with E-state index in [-0.39, 0.29) is 17.3 Å². The lowest BCUT2D eigenvalue weighted by Crippen LogP contribution is -2.48. The highest BCUT2D eigenvalue weighted by Crippen LogP contribution is 2.37. The molecule has 1 aliphatic rings. The molecule has 1 atom stereocenters. The van der Waals surface area contributed by atoms with Gasteiger partial charge in [0.15, 0.2) is 0 Å². The van der Waals surface area contributed by atoms with Crippen LogP contribution in [-0.4, -0.2) is 41.8 Å². The number of piperidine rings is 1. The second-order valence-corrected chi connectivity index (χ2v) is 5.19. The molecule has 0 bridgehead atoms. The van der Waals surface area contributed by atoms with E-state index in [1.165, 1.54) is 4.90 Å². The minimum absolute atomic E-state index is 0.177. The van der Waals surface area contributed by atoms with Crippen LogP contribution in [0.5, 0.6) is 0 Å². The monoisotopic (exact) mass is 243 g/mol. The van der Waals surface area contributed by atoms with Gasteiger partial charge in [0.05, 0.1) is 6.61 Å². The third-order valence-corrected chi connectivity index (χ3v) is 3.44. The number of amides is 1. The maximum Gasteiger partial charge on any atom is 0.407 e. The first-order valence-electron chi connectivity index (χ1n) is 6.00. The number of carbonyl (C=O) groups is 2. The van der Waals surface area contributed by atoms with Gasteiger partial charge in [-0.05, 0) is 24.7 Å². The molecule has 0 aromatic carbocycles. The average Bonchev–Trinajstić information content (AvgIpc) is 2.20. The van der Waals surface area contributed by atoms with E-state index in [0.29, 0.717) is 26.1 Å². The van der Waals surface area contributed by atoms with E-state index in [2.05, 4.69) is 0 Å². The summed E-state index contributed by atoms with van der Waals surface area (Å²) in [6.45, 7) is 7.18. The van der Waals surface area contributed by atoms with E-state index in [9.17, 15) is 9.59 Å². The van der Waals surface area contributed by atoms with Gasteiger partial charge in [-0.1, -0.05) is 13.8 Å². The zero-order valence-corrected chi connectivity index (χ0v) is 10.7. The van der Waals surface area contributed by atoms with Gasteiger partial charge in [0, 0.05) is 19.5 Å². The summed E-state index contributed by atoms with van der Waals surface area (Å²) in [5.74, 6) is 0.00602. The van der Waals surface area contributed by atoms with Crippen LogP contribution in [0.2, 0.25) is 0 Å². The van der Waals surface area contributed by atoms with Crippen molar-refractivity contribution in [2.75, 3.05) is 19.7 Å². The Morgan fingerprint density at radius 2 is 2.12 bits per heavy atom. The fraction of sp³-hybridized carbons (Fsp3) is 0.833. The lowest BCUT2D eigenvalue weighted by molar-refractivity contribution is -0.146. The Morgan fingerprint density at radius 1 is 1.47 bits per heavy atom. The van der Waals surface area contributed by atoms with Crippen LogP contribution in [0.15, 0.2) is 0 Å². The Kier molecular flexibility index (Phi) is 4.37. The number of nitrogens with zero attached hydrogens (tertiary/aromatic N) is 1. The first kappa shape index (κ1) is 13.8. The zero-order chi connectivity index (χ0) is 13.1. The van der Waals surface area contributed by atoms with E-state index < -0.39 is 6.09 Å². The molecule has 17 heavy (non-hydrogen) atoms. The van der Waals surface area contributed by atoms with Gasteiger partial charge in [0.25, 0.3) is 0 Å². The van der Waals surface area contributed by atoms with Gasteiger partial charge in [-0.15, -0.1) is 0 Å². The largest absolute Gasteiger partial charge is 0.466 e. The lowest BCUT2D eigenvalue weighted by Gasteiger charge is -2.42. The molecular weight excluding hydrogens is 222 g/mol. The van der Waals surface area contributed by atoms with Crippen molar-refractivity contribution >= 4 is 12.1 Å². The highest BCUT2D eigenvalue weighted by atomic mass is 16.5. The molecule has 0 aromatic heterocycles. The summed E-state index contributed by atoms with van der Waals surface area (Å²) in [6.07, 6.45) is 0.222. The fourth-order valence-corrected chi connectivity index (χ4v) is 2.37. The van der Waals surface area contributed by atoms with Gasteiger partial charge >= 0.3 is 12.1 Å². The maximum atomic E-state index is 11.5. The standard InChI is InChI=1S/C12H21NO4/c1-4-17-10(14)7-9-5-6-13(11(15)16)8-12(9,2)3/h9H,4-8H2,1-3H3,(H,15,16). The van der Waals surface area contributed by atoms with Crippen molar-refractivity contribution in [1.29, 1.82) is 0 Å². The number of ether oxygens (including phenoxy) is 1. The van der Waals surface area contributed by atoms with Crippen LogP contribution < -0.4 is 0 Å². The first-order valence-corrected chi connectivity index (χ1v) is 6.00. The molecule has 5 heteroatoms. The summed E-state index contributed by atoms with van der Waals surface area (Å²) in [5.41, 5.74) is -0.177. The third-order valence-electron chi connectivity index (χ3n) is 3.44. The number of hydrogen-bond donors (Lipinski definition) is 1. The molecule has 5 nitrogen and oxygen atoms in total. The summed E-state index contributed by atoms with van der Waals surface area (Å²) in [7, 11) is 0. The second-order valence-electron chi connectivity index (χ2n) is 5.19. The average molecular weight is 243 g/mol. The van der Waals surface area contributed by atoms with Gasteiger partial charge in [-0.2, -0.15) is 0 Å². The number of hydrogen-bond acceptors (Lipinski definition) is 3. The Morgan fingerprint density at radius 3 is 2.59 bits per heavy atom. The number of esters is 1. The van der Waals surface area contributed by atoms with Crippen molar-refractivity contribution in [3.8, 4) is 0 Å². The predicted molar refractivity (Wildman–Crippen MR) is 62.7 cm³/mol. The lowest BCUT2D eigenvalue weighted by atomic mass is 9.72. The van der Waals surface area contributed by atoms with E-state index in [4.69, 9.17) is 9.84 Å².